The SMILES string of the molecule is CCNC1CCc2cc(-c3c(C)nn(CC)c3C)ccc21. The molecule has 1 unspecified atom stereocenters. The lowest BCUT2D eigenvalue weighted by Gasteiger charge is -2.13. The van der Waals surface area contributed by atoms with Gasteiger partial charge in [-0.25, -0.2) is 0 Å². The van der Waals surface area contributed by atoms with E-state index in [-0.39, 0.29) is 0 Å². The van der Waals surface area contributed by atoms with Crippen LogP contribution in [0.1, 0.15) is 48.8 Å². The maximum atomic E-state index is 4.65. The lowest BCUT2D eigenvalue weighted by atomic mass is 9.98. The van der Waals surface area contributed by atoms with Gasteiger partial charge in [0.15, 0.2) is 0 Å². The minimum absolute atomic E-state index is 0.541. The zero-order valence-electron chi connectivity index (χ0n) is 13.5. The number of nitrogens with zero attached hydrogens (tertiary/aromatic N) is 2. The highest BCUT2D eigenvalue weighted by molar-refractivity contribution is 5.70. The second-order valence-corrected chi connectivity index (χ2v) is 5.92. The van der Waals surface area contributed by atoms with Crippen LogP contribution in [0.2, 0.25) is 0 Å². The molecule has 0 aliphatic heterocycles. The minimum Gasteiger partial charge on any atom is -0.310 e. The third kappa shape index (κ3) is 2.40. The fourth-order valence-corrected chi connectivity index (χ4v) is 3.65. The van der Waals surface area contributed by atoms with Gasteiger partial charge in [0.05, 0.1) is 5.69 Å². The molecule has 3 rings (SSSR count). The Morgan fingerprint density at radius 1 is 1.29 bits per heavy atom. The summed E-state index contributed by atoms with van der Waals surface area (Å²) in [5, 5.41) is 8.23. The molecule has 0 spiro atoms. The van der Waals surface area contributed by atoms with Crippen LogP contribution in [0.15, 0.2) is 18.2 Å². The van der Waals surface area contributed by atoms with Crippen LogP contribution in [0, 0.1) is 13.8 Å². The zero-order valence-corrected chi connectivity index (χ0v) is 13.5. The molecule has 1 aromatic heterocycles. The molecule has 112 valence electrons. The second-order valence-electron chi connectivity index (χ2n) is 5.92. The molecule has 0 saturated heterocycles. The van der Waals surface area contributed by atoms with Crippen LogP contribution in [-0.4, -0.2) is 16.3 Å². The quantitative estimate of drug-likeness (QED) is 0.925. The van der Waals surface area contributed by atoms with E-state index < -0.39 is 0 Å². The van der Waals surface area contributed by atoms with Crippen molar-refractivity contribution in [1.29, 1.82) is 0 Å². The molecule has 0 radical (unpaired) electrons. The highest BCUT2D eigenvalue weighted by atomic mass is 15.3. The van der Waals surface area contributed by atoms with Gasteiger partial charge in [-0.3, -0.25) is 4.68 Å². The molecule has 3 nitrogen and oxygen atoms in total. The molecule has 1 aliphatic rings. The van der Waals surface area contributed by atoms with E-state index in [1.54, 1.807) is 0 Å². The molecule has 1 heterocycles. The fraction of sp³-hybridized carbons (Fsp3) is 0.500. The largest absolute Gasteiger partial charge is 0.310 e. The van der Waals surface area contributed by atoms with Crippen molar-refractivity contribution in [3.05, 3.63) is 40.7 Å². The smallest absolute Gasteiger partial charge is 0.0674 e. The molecule has 0 fully saturated rings. The first-order valence-corrected chi connectivity index (χ1v) is 8.06. The summed E-state index contributed by atoms with van der Waals surface area (Å²) in [6, 6.07) is 7.50. The second kappa shape index (κ2) is 5.64. The molecule has 1 N–H and O–H groups in total. The number of fused-ring (bicyclic) bond motifs is 1. The lowest BCUT2D eigenvalue weighted by molar-refractivity contribution is 0.549. The summed E-state index contributed by atoms with van der Waals surface area (Å²) in [4.78, 5) is 0. The molecule has 3 heteroatoms. The van der Waals surface area contributed by atoms with Gasteiger partial charge in [-0.15, -0.1) is 0 Å². The van der Waals surface area contributed by atoms with Crippen LogP contribution in [0.5, 0.6) is 0 Å². The molecule has 0 amide bonds. The number of rotatable bonds is 4. The van der Waals surface area contributed by atoms with Crippen molar-refractivity contribution >= 4 is 0 Å². The number of hydrogen-bond acceptors (Lipinski definition) is 2. The molecule has 1 atom stereocenters. The summed E-state index contributed by atoms with van der Waals surface area (Å²) >= 11 is 0. The third-order valence-corrected chi connectivity index (χ3v) is 4.64. The average Bonchev–Trinajstić information content (AvgIpc) is 3.00. The zero-order chi connectivity index (χ0) is 15.0. The number of aryl methyl sites for hydroxylation is 3. The summed E-state index contributed by atoms with van der Waals surface area (Å²) < 4.78 is 2.10. The molecule has 21 heavy (non-hydrogen) atoms. The van der Waals surface area contributed by atoms with Gasteiger partial charge in [0.25, 0.3) is 0 Å². The Balaban J connectivity index is 2.01. The molecule has 1 aromatic carbocycles. The van der Waals surface area contributed by atoms with Gasteiger partial charge in [0.1, 0.15) is 0 Å². The standard InChI is InChI=1S/C18H25N3/c1-5-19-17-10-8-14-11-15(7-9-16(14)17)18-12(3)20-21(6-2)13(18)4/h7,9,11,17,19H,5-6,8,10H2,1-4H3. The van der Waals surface area contributed by atoms with Crippen molar-refractivity contribution in [1.82, 2.24) is 15.1 Å². The maximum absolute atomic E-state index is 4.65. The number of hydrogen-bond donors (Lipinski definition) is 1. The van der Waals surface area contributed by atoms with E-state index in [1.165, 1.54) is 40.8 Å². The van der Waals surface area contributed by atoms with E-state index in [4.69, 9.17) is 0 Å². The Morgan fingerprint density at radius 2 is 2.10 bits per heavy atom. The molecule has 0 saturated carbocycles. The van der Waals surface area contributed by atoms with Gasteiger partial charge < -0.3 is 5.32 Å². The van der Waals surface area contributed by atoms with Crippen LogP contribution in [0.4, 0.5) is 0 Å². The van der Waals surface area contributed by atoms with Crippen molar-refractivity contribution < 1.29 is 0 Å². The summed E-state index contributed by atoms with van der Waals surface area (Å²) in [7, 11) is 0. The van der Waals surface area contributed by atoms with Gasteiger partial charge in [0.2, 0.25) is 0 Å². The first-order chi connectivity index (χ1) is 10.2. The van der Waals surface area contributed by atoms with Crippen LogP contribution in [-0.2, 0) is 13.0 Å². The Morgan fingerprint density at radius 3 is 2.76 bits per heavy atom. The summed E-state index contributed by atoms with van der Waals surface area (Å²) in [5.74, 6) is 0. The van der Waals surface area contributed by atoms with E-state index in [9.17, 15) is 0 Å². The predicted molar refractivity (Wildman–Crippen MR) is 87.5 cm³/mol. The van der Waals surface area contributed by atoms with Crippen molar-refractivity contribution in [3.8, 4) is 11.1 Å². The molecular formula is C18H25N3. The van der Waals surface area contributed by atoms with Gasteiger partial charge in [-0.1, -0.05) is 25.1 Å². The number of benzene rings is 1. The molecule has 0 bridgehead atoms. The Labute approximate surface area is 127 Å². The summed E-state index contributed by atoms with van der Waals surface area (Å²) in [5.41, 5.74) is 8.03. The molecule has 1 aliphatic carbocycles. The van der Waals surface area contributed by atoms with Gasteiger partial charge in [-0.2, -0.15) is 5.10 Å². The van der Waals surface area contributed by atoms with Crippen LogP contribution in [0.25, 0.3) is 11.1 Å². The van der Waals surface area contributed by atoms with E-state index >= 15 is 0 Å². The predicted octanol–water partition coefficient (Wildman–Crippen LogP) is 3.78. The van der Waals surface area contributed by atoms with Crippen molar-refractivity contribution in [2.45, 2.75) is 53.1 Å². The van der Waals surface area contributed by atoms with E-state index in [2.05, 4.69) is 61.0 Å². The third-order valence-electron chi connectivity index (χ3n) is 4.64. The first kappa shape index (κ1) is 14.3. The number of aromatic nitrogens is 2. The Bertz CT molecular complexity index is 655. The van der Waals surface area contributed by atoms with Crippen LogP contribution >= 0.6 is 0 Å². The minimum atomic E-state index is 0.541. The Kier molecular flexibility index (Phi) is 3.85. The van der Waals surface area contributed by atoms with Crippen molar-refractivity contribution in [2.75, 3.05) is 6.54 Å². The summed E-state index contributed by atoms with van der Waals surface area (Å²) in [6.07, 6.45) is 2.40. The van der Waals surface area contributed by atoms with E-state index in [0.29, 0.717) is 6.04 Å². The van der Waals surface area contributed by atoms with Crippen LogP contribution < -0.4 is 5.32 Å². The first-order valence-electron chi connectivity index (χ1n) is 8.06. The van der Waals surface area contributed by atoms with Crippen molar-refractivity contribution in [3.63, 3.8) is 0 Å². The van der Waals surface area contributed by atoms with E-state index in [1.807, 2.05) is 0 Å². The van der Waals surface area contributed by atoms with Crippen molar-refractivity contribution in [2.24, 2.45) is 0 Å². The van der Waals surface area contributed by atoms with Crippen LogP contribution in [0.3, 0.4) is 0 Å². The van der Waals surface area contributed by atoms with Gasteiger partial charge in [0, 0.05) is 23.8 Å². The molecule has 2 aromatic rings. The monoisotopic (exact) mass is 283 g/mol. The fourth-order valence-electron chi connectivity index (χ4n) is 3.65. The number of nitrogens with one attached hydrogen (secondary N) is 1. The lowest BCUT2D eigenvalue weighted by Crippen LogP contribution is -2.18. The maximum Gasteiger partial charge on any atom is 0.0674 e. The molecular weight excluding hydrogens is 258 g/mol. The van der Waals surface area contributed by atoms with Gasteiger partial charge in [-0.05, 0) is 56.8 Å². The summed E-state index contributed by atoms with van der Waals surface area (Å²) in [6.45, 7) is 10.6. The highest BCUT2D eigenvalue weighted by Gasteiger charge is 2.22. The van der Waals surface area contributed by atoms with E-state index in [0.717, 1.165) is 18.8 Å². The highest BCUT2D eigenvalue weighted by Crippen LogP contribution is 2.35. The van der Waals surface area contributed by atoms with Gasteiger partial charge >= 0.3 is 0 Å². The average molecular weight is 283 g/mol. The normalized spacial score (nSPS) is 17.2. The topological polar surface area (TPSA) is 29.9 Å². The Hall–Kier alpha value is -1.61.